The van der Waals surface area contributed by atoms with Gasteiger partial charge in [0.15, 0.2) is 0 Å². The molecule has 8 heteroatoms. The minimum atomic E-state index is 0.439. The molecular weight excluding hydrogens is 464 g/mol. The van der Waals surface area contributed by atoms with E-state index in [0.29, 0.717) is 22.6 Å². The molecule has 5 rings (SSSR count). The quantitative estimate of drug-likeness (QED) is 0.371. The molecule has 1 fully saturated rings. The van der Waals surface area contributed by atoms with E-state index in [1.807, 2.05) is 28.8 Å². The summed E-state index contributed by atoms with van der Waals surface area (Å²) in [5, 5.41) is 4.20. The lowest BCUT2D eigenvalue weighted by Crippen LogP contribution is -2.32. The number of rotatable bonds is 8. The molecule has 0 aliphatic carbocycles. The van der Waals surface area contributed by atoms with Crippen LogP contribution in [0.5, 0.6) is 17.2 Å². The molecule has 1 saturated heterocycles. The van der Waals surface area contributed by atoms with Gasteiger partial charge in [-0.1, -0.05) is 23.7 Å². The van der Waals surface area contributed by atoms with E-state index in [1.54, 1.807) is 27.4 Å². The predicted molar refractivity (Wildman–Crippen MR) is 139 cm³/mol. The van der Waals surface area contributed by atoms with Crippen LogP contribution in [0.3, 0.4) is 0 Å². The van der Waals surface area contributed by atoms with Crippen molar-refractivity contribution in [1.82, 2.24) is 14.7 Å². The van der Waals surface area contributed by atoms with Crippen LogP contribution < -0.4 is 24.4 Å². The monoisotopic (exact) mass is 492 g/mol. The van der Waals surface area contributed by atoms with Crippen LogP contribution in [0, 0.1) is 0 Å². The second kappa shape index (κ2) is 10.1. The van der Waals surface area contributed by atoms with Gasteiger partial charge in [-0.3, -0.25) is 0 Å². The Kier molecular flexibility index (Phi) is 6.70. The van der Waals surface area contributed by atoms with Crippen molar-refractivity contribution in [3.8, 4) is 28.5 Å². The van der Waals surface area contributed by atoms with Gasteiger partial charge in [-0.2, -0.15) is 0 Å². The van der Waals surface area contributed by atoms with E-state index in [0.717, 1.165) is 48.7 Å². The molecule has 0 unspecified atom stereocenters. The maximum atomic E-state index is 6.38. The Morgan fingerprint density at radius 2 is 1.80 bits per heavy atom. The summed E-state index contributed by atoms with van der Waals surface area (Å²) in [6.07, 6.45) is 5.14. The molecule has 0 bridgehead atoms. The van der Waals surface area contributed by atoms with Crippen LogP contribution in [0.15, 0.2) is 60.9 Å². The van der Waals surface area contributed by atoms with Crippen LogP contribution in [-0.4, -0.2) is 49.8 Å². The van der Waals surface area contributed by atoms with Crippen molar-refractivity contribution in [3.05, 3.63) is 71.5 Å². The van der Waals surface area contributed by atoms with Crippen LogP contribution in [0.1, 0.15) is 12.0 Å². The Morgan fingerprint density at radius 3 is 2.54 bits per heavy atom. The van der Waals surface area contributed by atoms with Crippen LogP contribution >= 0.6 is 11.6 Å². The highest BCUT2D eigenvalue weighted by atomic mass is 35.5. The first-order valence-electron chi connectivity index (χ1n) is 11.6. The number of hydrogen-bond acceptors (Lipinski definition) is 6. The van der Waals surface area contributed by atoms with Gasteiger partial charge in [0.1, 0.15) is 22.9 Å². The summed E-state index contributed by atoms with van der Waals surface area (Å²) in [6, 6.07) is 16.5. The second-order valence-electron chi connectivity index (χ2n) is 8.62. The molecule has 7 nitrogen and oxygen atoms in total. The minimum Gasteiger partial charge on any atom is -0.497 e. The summed E-state index contributed by atoms with van der Waals surface area (Å²) in [7, 11) is 4.91. The summed E-state index contributed by atoms with van der Waals surface area (Å²) in [5.74, 6) is 2.12. The summed E-state index contributed by atoms with van der Waals surface area (Å²) >= 11 is 6.38. The number of imidazole rings is 1. The third-order valence-corrected chi connectivity index (χ3v) is 6.80. The van der Waals surface area contributed by atoms with E-state index in [4.69, 9.17) is 30.8 Å². The molecule has 1 aliphatic heterocycles. The number of pyridine rings is 1. The zero-order valence-electron chi connectivity index (χ0n) is 20.1. The van der Waals surface area contributed by atoms with Crippen molar-refractivity contribution >= 4 is 22.9 Å². The van der Waals surface area contributed by atoms with Crippen molar-refractivity contribution in [1.29, 1.82) is 0 Å². The molecular formula is C27H29ClN4O3. The summed E-state index contributed by atoms with van der Waals surface area (Å²) in [4.78, 5) is 7.27. The van der Waals surface area contributed by atoms with E-state index in [1.165, 1.54) is 11.3 Å². The van der Waals surface area contributed by atoms with E-state index in [-0.39, 0.29) is 0 Å². The van der Waals surface area contributed by atoms with E-state index >= 15 is 0 Å². The number of ether oxygens (including phenoxy) is 3. The molecule has 1 aliphatic rings. The first kappa shape index (κ1) is 23.3. The average Bonchev–Trinajstić information content (AvgIpc) is 3.54. The number of anilines is 1. The van der Waals surface area contributed by atoms with Crippen molar-refractivity contribution in [2.24, 2.45) is 0 Å². The molecule has 0 saturated carbocycles. The van der Waals surface area contributed by atoms with Gasteiger partial charge in [-0.25, -0.2) is 4.98 Å². The highest BCUT2D eigenvalue weighted by Gasteiger charge is 2.23. The number of aromatic nitrogens is 2. The number of nitrogens with one attached hydrogen (secondary N) is 1. The smallest absolute Gasteiger partial charge is 0.141 e. The number of fused-ring (bicyclic) bond motifs is 1. The van der Waals surface area contributed by atoms with Crippen LogP contribution in [-0.2, 0) is 6.54 Å². The molecule has 182 valence electrons. The first-order chi connectivity index (χ1) is 17.1. The lowest BCUT2D eigenvalue weighted by atomic mass is 10.1. The van der Waals surface area contributed by atoms with Gasteiger partial charge < -0.3 is 28.8 Å². The fraction of sp³-hybridized carbons (Fsp3) is 0.296. The van der Waals surface area contributed by atoms with Gasteiger partial charge in [0.05, 0.1) is 32.0 Å². The SMILES string of the molecule is COc1ccc(CN[C@H]2CCN(c3ccn4cc(-c5cc(Cl)c(OC)cc5OC)nc4c3)C2)cc1. The number of methoxy groups -OCH3 is 3. The maximum Gasteiger partial charge on any atom is 0.141 e. The second-order valence-corrected chi connectivity index (χ2v) is 9.03. The summed E-state index contributed by atoms with van der Waals surface area (Å²) in [5.41, 5.74) is 4.92. The Morgan fingerprint density at radius 1 is 1.00 bits per heavy atom. The molecule has 3 heterocycles. The highest BCUT2D eigenvalue weighted by Crippen LogP contribution is 2.38. The van der Waals surface area contributed by atoms with Gasteiger partial charge in [-0.15, -0.1) is 0 Å². The Balaban J connectivity index is 1.29. The molecule has 0 amide bonds. The Hall–Kier alpha value is -3.42. The predicted octanol–water partition coefficient (Wildman–Crippen LogP) is 5.05. The molecule has 0 radical (unpaired) electrons. The largest absolute Gasteiger partial charge is 0.497 e. The zero-order valence-corrected chi connectivity index (χ0v) is 20.9. The Bertz CT molecular complexity index is 1320. The van der Waals surface area contributed by atoms with Gasteiger partial charge in [-0.05, 0) is 36.2 Å². The van der Waals surface area contributed by atoms with E-state index in [2.05, 4.69) is 40.7 Å². The normalized spacial score (nSPS) is 15.5. The van der Waals surface area contributed by atoms with Crippen molar-refractivity contribution in [2.75, 3.05) is 39.3 Å². The van der Waals surface area contributed by atoms with Crippen molar-refractivity contribution in [2.45, 2.75) is 19.0 Å². The van der Waals surface area contributed by atoms with Gasteiger partial charge in [0, 0.05) is 61.5 Å². The highest BCUT2D eigenvalue weighted by molar-refractivity contribution is 6.32. The fourth-order valence-corrected chi connectivity index (χ4v) is 4.77. The minimum absolute atomic E-state index is 0.439. The van der Waals surface area contributed by atoms with Gasteiger partial charge in [0.25, 0.3) is 0 Å². The topological polar surface area (TPSA) is 60.3 Å². The third-order valence-electron chi connectivity index (χ3n) is 6.50. The standard InChI is InChI=1S/C27H29ClN4O3/c1-33-21-6-4-18(5-7-21)15-29-19-8-10-31(16-19)20-9-11-32-17-24(30-27(32)12-20)22-13-23(28)26(35-3)14-25(22)34-2/h4-7,9,11-14,17,19,29H,8,10,15-16H2,1-3H3/t19-/m0/s1. The molecule has 4 aromatic rings. The summed E-state index contributed by atoms with van der Waals surface area (Å²) in [6.45, 7) is 2.81. The molecule has 2 aromatic heterocycles. The molecule has 2 aromatic carbocycles. The number of hydrogen-bond donors (Lipinski definition) is 1. The van der Waals surface area contributed by atoms with Crippen LogP contribution in [0.25, 0.3) is 16.9 Å². The van der Waals surface area contributed by atoms with Crippen molar-refractivity contribution < 1.29 is 14.2 Å². The molecule has 1 N–H and O–H groups in total. The van der Waals surface area contributed by atoms with E-state index < -0.39 is 0 Å². The van der Waals surface area contributed by atoms with Gasteiger partial charge in [0.2, 0.25) is 0 Å². The fourth-order valence-electron chi connectivity index (χ4n) is 4.52. The van der Waals surface area contributed by atoms with Gasteiger partial charge >= 0.3 is 0 Å². The molecule has 1 atom stereocenters. The molecule has 35 heavy (non-hydrogen) atoms. The lowest BCUT2D eigenvalue weighted by molar-refractivity contribution is 0.395. The number of nitrogens with zero attached hydrogens (tertiary/aromatic N) is 3. The van der Waals surface area contributed by atoms with Crippen molar-refractivity contribution in [3.63, 3.8) is 0 Å². The number of halogens is 1. The summed E-state index contributed by atoms with van der Waals surface area (Å²) < 4.78 is 18.1. The van der Waals surface area contributed by atoms with Crippen LogP contribution in [0.2, 0.25) is 5.02 Å². The van der Waals surface area contributed by atoms with E-state index in [9.17, 15) is 0 Å². The zero-order chi connectivity index (χ0) is 24.4. The maximum absolute atomic E-state index is 6.38. The first-order valence-corrected chi connectivity index (χ1v) is 12.0. The average molecular weight is 493 g/mol. The lowest BCUT2D eigenvalue weighted by Gasteiger charge is -2.19. The molecule has 0 spiro atoms. The number of benzene rings is 2. The Labute approximate surface area is 210 Å². The van der Waals surface area contributed by atoms with Crippen LogP contribution in [0.4, 0.5) is 5.69 Å². The third kappa shape index (κ3) is 4.88.